The Morgan fingerprint density at radius 2 is 2.25 bits per heavy atom. The molecule has 0 aliphatic carbocycles. The zero-order valence-corrected chi connectivity index (χ0v) is 8.35. The lowest BCUT2D eigenvalue weighted by Gasteiger charge is -2.00. The van der Waals surface area contributed by atoms with Crippen molar-refractivity contribution in [3.8, 4) is 11.3 Å². The van der Waals surface area contributed by atoms with Gasteiger partial charge in [-0.15, -0.1) is 0 Å². The normalized spacial score (nSPS) is 10.3. The van der Waals surface area contributed by atoms with E-state index < -0.39 is 11.5 Å². The second-order valence-electron chi connectivity index (χ2n) is 3.20. The van der Waals surface area contributed by atoms with Crippen LogP contribution in [0, 0.1) is 6.92 Å². The zero-order valence-electron chi connectivity index (χ0n) is 8.35. The van der Waals surface area contributed by atoms with Crippen molar-refractivity contribution in [3.05, 3.63) is 40.0 Å². The summed E-state index contributed by atoms with van der Waals surface area (Å²) >= 11 is 0. The van der Waals surface area contributed by atoms with E-state index in [1.807, 2.05) is 0 Å². The van der Waals surface area contributed by atoms with E-state index in [0.717, 1.165) is 0 Å². The number of nitrogens with one attached hydrogen (secondary N) is 1. The van der Waals surface area contributed by atoms with E-state index in [2.05, 4.69) is 10.2 Å². The van der Waals surface area contributed by atoms with Crippen LogP contribution < -0.4 is 5.56 Å². The number of aromatic carboxylic acids is 1. The van der Waals surface area contributed by atoms with Gasteiger partial charge in [0.25, 0.3) is 5.56 Å². The molecule has 0 saturated carbocycles. The fourth-order valence-electron chi connectivity index (χ4n) is 1.38. The molecule has 0 amide bonds. The Morgan fingerprint density at radius 3 is 2.81 bits per heavy atom. The van der Waals surface area contributed by atoms with E-state index in [1.54, 1.807) is 19.1 Å². The quantitative estimate of drug-likeness (QED) is 0.788. The molecule has 16 heavy (non-hydrogen) atoms. The summed E-state index contributed by atoms with van der Waals surface area (Å²) in [7, 11) is 0. The number of hydrogen-bond donors (Lipinski definition) is 2. The van der Waals surface area contributed by atoms with Gasteiger partial charge in [-0.05, 0) is 19.1 Å². The molecule has 0 fully saturated rings. The van der Waals surface area contributed by atoms with Gasteiger partial charge in [0.1, 0.15) is 17.1 Å². The number of rotatable bonds is 2. The predicted octanol–water partition coefficient (Wildman–Crippen LogP) is 1.04. The van der Waals surface area contributed by atoms with Crippen LogP contribution in [0.2, 0.25) is 0 Å². The molecule has 0 aliphatic heterocycles. The van der Waals surface area contributed by atoms with Crippen LogP contribution in [0.4, 0.5) is 0 Å². The van der Waals surface area contributed by atoms with E-state index >= 15 is 0 Å². The van der Waals surface area contributed by atoms with Crippen LogP contribution in [-0.2, 0) is 0 Å². The lowest BCUT2D eigenvalue weighted by molar-refractivity contribution is 0.0695. The fraction of sp³-hybridized carbons (Fsp3) is 0.100. The van der Waals surface area contributed by atoms with E-state index in [0.29, 0.717) is 11.5 Å². The minimum atomic E-state index is -1.31. The molecular formula is C10H8N2O4. The Morgan fingerprint density at radius 1 is 1.50 bits per heavy atom. The second-order valence-corrected chi connectivity index (χ2v) is 3.20. The Balaban J connectivity index is 2.70. The maximum atomic E-state index is 11.3. The molecule has 2 aromatic heterocycles. The topological polar surface area (TPSA) is 96.2 Å². The molecule has 0 aromatic carbocycles. The summed E-state index contributed by atoms with van der Waals surface area (Å²) in [6, 6.07) is 3.28. The molecule has 0 unspecified atom stereocenters. The number of hydrogen-bond acceptors (Lipinski definition) is 4. The third kappa shape index (κ3) is 1.60. The summed E-state index contributed by atoms with van der Waals surface area (Å²) in [6.07, 6.45) is 1.25. The van der Waals surface area contributed by atoms with Gasteiger partial charge in [0.2, 0.25) is 0 Å². The van der Waals surface area contributed by atoms with Crippen molar-refractivity contribution in [1.29, 1.82) is 0 Å². The lowest BCUT2D eigenvalue weighted by atomic mass is 10.1. The Labute approximate surface area is 89.5 Å². The number of furan rings is 1. The first kappa shape index (κ1) is 10.2. The number of carboxylic acid groups (broad SMARTS) is 1. The minimum Gasteiger partial charge on any atom is -0.477 e. The van der Waals surface area contributed by atoms with Crippen LogP contribution in [0.25, 0.3) is 11.3 Å². The van der Waals surface area contributed by atoms with E-state index in [1.165, 1.54) is 6.20 Å². The van der Waals surface area contributed by atoms with Gasteiger partial charge in [-0.3, -0.25) is 4.79 Å². The van der Waals surface area contributed by atoms with Gasteiger partial charge in [0.15, 0.2) is 0 Å². The van der Waals surface area contributed by atoms with Gasteiger partial charge in [-0.1, -0.05) is 0 Å². The average molecular weight is 220 g/mol. The van der Waals surface area contributed by atoms with Crippen molar-refractivity contribution in [2.45, 2.75) is 6.92 Å². The highest BCUT2D eigenvalue weighted by Gasteiger charge is 2.18. The van der Waals surface area contributed by atoms with Gasteiger partial charge in [0.05, 0.1) is 11.8 Å². The number of carbonyl (C=O) groups is 1. The summed E-state index contributed by atoms with van der Waals surface area (Å²) in [5.74, 6) is -0.368. The van der Waals surface area contributed by atoms with Crippen molar-refractivity contribution in [2.24, 2.45) is 0 Å². The highest BCUT2D eigenvalue weighted by Crippen LogP contribution is 2.22. The van der Waals surface area contributed by atoms with Crippen molar-refractivity contribution >= 4 is 5.97 Å². The van der Waals surface area contributed by atoms with Crippen molar-refractivity contribution < 1.29 is 14.3 Å². The summed E-state index contributed by atoms with van der Waals surface area (Å²) < 4.78 is 5.26. The van der Waals surface area contributed by atoms with Crippen LogP contribution in [0.3, 0.4) is 0 Å². The Hall–Kier alpha value is -2.37. The van der Waals surface area contributed by atoms with Gasteiger partial charge >= 0.3 is 5.97 Å². The molecule has 0 bridgehead atoms. The van der Waals surface area contributed by atoms with Crippen LogP contribution >= 0.6 is 0 Å². The zero-order chi connectivity index (χ0) is 11.7. The predicted molar refractivity (Wildman–Crippen MR) is 54.3 cm³/mol. The maximum Gasteiger partial charge on any atom is 0.342 e. The largest absolute Gasteiger partial charge is 0.477 e. The van der Waals surface area contributed by atoms with Crippen molar-refractivity contribution in [2.75, 3.05) is 0 Å². The number of aromatic amines is 1. The van der Waals surface area contributed by atoms with Crippen LogP contribution in [0.1, 0.15) is 16.1 Å². The third-order valence-electron chi connectivity index (χ3n) is 2.08. The first-order chi connectivity index (χ1) is 7.59. The molecule has 2 N–H and O–H groups in total. The molecular weight excluding hydrogens is 212 g/mol. The Bertz CT molecular complexity index is 597. The molecule has 0 atom stereocenters. The van der Waals surface area contributed by atoms with Crippen LogP contribution in [0.5, 0.6) is 0 Å². The summed E-state index contributed by atoms with van der Waals surface area (Å²) in [4.78, 5) is 22.3. The molecule has 82 valence electrons. The van der Waals surface area contributed by atoms with Crippen LogP contribution in [0.15, 0.2) is 27.5 Å². The smallest absolute Gasteiger partial charge is 0.342 e. The second kappa shape index (κ2) is 3.65. The molecule has 6 nitrogen and oxygen atoms in total. The number of carboxylic acids is 1. The molecule has 2 heterocycles. The lowest BCUT2D eigenvalue weighted by Crippen LogP contribution is -2.19. The van der Waals surface area contributed by atoms with E-state index in [9.17, 15) is 9.59 Å². The first-order valence-corrected chi connectivity index (χ1v) is 4.47. The molecule has 0 aliphatic rings. The van der Waals surface area contributed by atoms with Crippen molar-refractivity contribution in [3.63, 3.8) is 0 Å². The third-order valence-corrected chi connectivity index (χ3v) is 2.08. The molecule has 0 radical (unpaired) electrons. The van der Waals surface area contributed by atoms with E-state index in [4.69, 9.17) is 9.52 Å². The number of aromatic nitrogens is 2. The van der Waals surface area contributed by atoms with Crippen molar-refractivity contribution in [1.82, 2.24) is 10.2 Å². The molecule has 2 rings (SSSR count). The standard InChI is InChI=1S/C10H8N2O4/c1-5-2-3-7(16-5)6-4-11-12-9(13)8(6)10(14)15/h2-4H,1H3,(H,12,13)(H,14,15). The van der Waals surface area contributed by atoms with E-state index in [-0.39, 0.29) is 11.1 Å². The van der Waals surface area contributed by atoms with Gasteiger partial charge in [-0.2, -0.15) is 5.10 Å². The average Bonchev–Trinajstić information content (AvgIpc) is 2.63. The summed E-state index contributed by atoms with van der Waals surface area (Å²) in [6.45, 7) is 1.73. The number of nitrogens with zero attached hydrogens (tertiary/aromatic N) is 1. The molecule has 0 spiro atoms. The maximum absolute atomic E-state index is 11.3. The minimum absolute atomic E-state index is 0.171. The summed E-state index contributed by atoms with van der Waals surface area (Å²) in [5, 5.41) is 14.5. The molecule has 2 aromatic rings. The van der Waals surface area contributed by atoms with Gasteiger partial charge < -0.3 is 9.52 Å². The SMILES string of the molecule is Cc1ccc(-c2cn[nH]c(=O)c2C(=O)O)o1. The monoisotopic (exact) mass is 220 g/mol. The van der Waals surface area contributed by atoms with Crippen LogP contribution in [-0.4, -0.2) is 21.3 Å². The molecule has 0 saturated heterocycles. The summed E-state index contributed by atoms with van der Waals surface area (Å²) in [5.41, 5.74) is -0.951. The Kier molecular flexibility index (Phi) is 2.32. The van der Waals surface area contributed by atoms with Gasteiger partial charge in [-0.25, -0.2) is 9.89 Å². The molecule has 6 heteroatoms. The first-order valence-electron chi connectivity index (χ1n) is 4.47. The van der Waals surface area contributed by atoms with Gasteiger partial charge in [0, 0.05) is 0 Å². The fourth-order valence-corrected chi connectivity index (χ4v) is 1.38. The highest BCUT2D eigenvalue weighted by molar-refractivity contribution is 5.94. The number of aryl methyl sites for hydroxylation is 1. The highest BCUT2D eigenvalue weighted by atomic mass is 16.4. The number of H-pyrrole nitrogens is 1.